The zero-order chi connectivity index (χ0) is 12.3. The van der Waals surface area contributed by atoms with Crippen LogP contribution >= 0.6 is 11.3 Å². The van der Waals surface area contributed by atoms with Crippen LogP contribution in [0.3, 0.4) is 0 Å². The first-order chi connectivity index (χ1) is 8.13. The molecule has 0 saturated carbocycles. The van der Waals surface area contributed by atoms with Gasteiger partial charge in [-0.3, -0.25) is 4.90 Å². The SMILES string of the molecule is Cc1cccc(CN(C)Cc2cnc(N)s2)c1. The maximum Gasteiger partial charge on any atom is 0.180 e. The minimum atomic E-state index is 0.643. The summed E-state index contributed by atoms with van der Waals surface area (Å²) in [5.74, 6) is 0. The normalized spacial score (nSPS) is 11.0. The van der Waals surface area contributed by atoms with Crippen LogP contribution in [0.4, 0.5) is 5.13 Å². The van der Waals surface area contributed by atoms with Crippen molar-refractivity contribution in [3.63, 3.8) is 0 Å². The van der Waals surface area contributed by atoms with Gasteiger partial charge in [0.15, 0.2) is 5.13 Å². The minimum Gasteiger partial charge on any atom is -0.375 e. The van der Waals surface area contributed by atoms with Crippen LogP contribution in [-0.4, -0.2) is 16.9 Å². The lowest BCUT2D eigenvalue weighted by atomic mass is 10.1. The summed E-state index contributed by atoms with van der Waals surface area (Å²) < 4.78 is 0. The number of anilines is 1. The van der Waals surface area contributed by atoms with Gasteiger partial charge in [0, 0.05) is 24.2 Å². The van der Waals surface area contributed by atoms with Gasteiger partial charge in [0.25, 0.3) is 0 Å². The number of nitrogens with zero attached hydrogens (tertiary/aromatic N) is 2. The zero-order valence-electron chi connectivity index (χ0n) is 10.2. The van der Waals surface area contributed by atoms with Crippen LogP contribution < -0.4 is 5.73 Å². The molecule has 0 amide bonds. The number of hydrogen-bond donors (Lipinski definition) is 1. The number of aromatic nitrogens is 1. The van der Waals surface area contributed by atoms with Gasteiger partial charge in [-0.05, 0) is 19.5 Å². The molecular weight excluding hydrogens is 230 g/mol. The molecule has 1 aromatic carbocycles. The second-order valence-corrected chi connectivity index (χ2v) is 5.47. The molecule has 17 heavy (non-hydrogen) atoms. The third-order valence-corrected chi connectivity index (χ3v) is 3.34. The highest BCUT2D eigenvalue weighted by molar-refractivity contribution is 7.15. The Morgan fingerprint density at radius 2 is 2.18 bits per heavy atom. The van der Waals surface area contributed by atoms with Crippen molar-refractivity contribution in [2.75, 3.05) is 12.8 Å². The fraction of sp³-hybridized carbons (Fsp3) is 0.308. The maximum atomic E-state index is 5.62. The summed E-state index contributed by atoms with van der Waals surface area (Å²) in [6, 6.07) is 8.60. The molecule has 0 bridgehead atoms. The molecule has 0 aliphatic heterocycles. The second-order valence-electron chi connectivity index (χ2n) is 4.33. The van der Waals surface area contributed by atoms with Crippen molar-refractivity contribution in [1.82, 2.24) is 9.88 Å². The van der Waals surface area contributed by atoms with Gasteiger partial charge in [0.1, 0.15) is 0 Å². The number of benzene rings is 1. The summed E-state index contributed by atoms with van der Waals surface area (Å²) in [5, 5.41) is 0.643. The highest BCUT2D eigenvalue weighted by atomic mass is 32.1. The molecule has 0 radical (unpaired) electrons. The molecule has 0 aliphatic rings. The van der Waals surface area contributed by atoms with Crippen molar-refractivity contribution in [3.05, 3.63) is 46.5 Å². The van der Waals surface area contributed by atoms with Gasteiger partial charge >= 0.3 is 0 Å². The highest BCUT2D eigenvalue weighted by Crippen LogP contribution is 2.17. The van der Waals surface area contributed by atoms with Gasteiger partial charge in [-0.2, -0.15) is 0 Å². The van der Waals surface area contributed by atoms with E-state index in [1.807, 2.05) is 6.20 Å². The molecule has 0 atom stereocenters. The van der Waals surface area contributed by atoms with E-state index in [1.165, 1.54) is 16.0 Å². The predicted octanol–water partition coefficient (Wildman–Crippen LogP) is 2.67. The van der Waals surface area contributed by atoms with Crippen molar-refractivity contribution < 1.29 is 0 Å². The average Bonchev–Trinajstić information content (AvgIpc) is 2.63. The van der Waals surface area contributed by atoms with Crippen LogP contribution in [-0.2, 0) is 13.1 Å². The van der Waals surface area contributed by atoms with E-state index in [4.69, 9.17) is 5.73 Å². The highest BCUT2D eigenvalue weighted by Gasteiger charge is 2.04. The molecule has 1 aromatic heterocycles. The molecular formula is C13H17N3S. The maximum absolute atomic E-state index is 5.62. The summed E-state index contributed by atoms with van der Waals surface area (Å²) in [5.41, 5.74) is 8.26. The first-order valence-electron chi connectivity index (χ1n) is 5.58. The molecule has 4 heteroatoms. The van der Waals surface area contributed by atoms with Crippen molar-refractivity contribution in [2.45, 2.75) is 20.0 Å². The van der Waals surface area contributed by atoms with E-state index >= 15 is 0 Å². The first-order valence-corrected chi connectivity index (χ1v) is 6.39. The third-order valence-electron chi connectivity index (χ3n) is 2.53. The van der Waals surface area contributed by atoms with Crippen LogP contribution in [0.25, 0.3) is 0 Å². The Labute approximate surface area is 106 Å². The molecule has 0 unspecified atom stereocenters. The van der Waals surface area contributed by atoms with Crippen molar-refractivity contribution in [2.24, 2.45) is 0 Å². The van der Waals surface area contributed by atoms with Crippen molar-refractivity contribution in [3.8, 4) is 0 Å². The first kappa shape index (κ1) is 12.1. The summed E-state index contributed by atoms with van der Waals surface area (Å²) in [6.45, 7) is 3.95. The smallest absolute Gasteiger partial charge is 0.180 e. The number of hydrogen-bond acceptors (Lipinski definition) is 4. The largest absolute Gasteiger partial charge is 0.375 e. The Morgan fingerprint density at radius 1 is 1.35 bits per heavy atom. The van der Waals surface area contributed by atoms with E-state index in [0.717, 1.165) is 13.1 Å². The Morgan fingerprint density at radius 3 is 2.82 bits per heavy atom. The van der Waals surface area contributed by atoms with Crippen LogP contribution in [0.1, 0.15) is 16.0 Å². The molecule has 2 aromatic rings. The van der Waals surface area contributed by atoms with Gasteiger partial charge < -0.3 is 5.73 Å². The Hall–Kier alpha value is -1.39. The molecule has 0 aliphatic carbocycles. The second kappa shape index (κ2) is 5.29. The molecule has 90 valence electrons. The zero-order valence-corrected chi connectivity index (χ0v) is 11.0. The lowest BCUT2D eigenvalue weighted by molar-refractivity contribution is 0.321. The summed E-state index contributed by atoms with van der Waals surface area (Å²) >= 11 is 1.55. The van der Waals surface area contributed by atoms with E-state index < -0.39 is 0 Å². The number of thiazole rings is 1. The topological polar surface area (TPSA) is 42.2 Å². The van der Waals surface area contributed by atoms with Gasteiger partial charge in [-0.1, -0.05) is 29.8 Å². The molecule has 1 heterocycles. The monoisotopic (exact) mass is 247 g/mol. The Balaban J connectivity index is 1.95. The molecule has 2 N–H and O–H groups in total. The molecule has 0 spiro atoms. The number of nitrogen functional groups attached to an aromatic ring is 1. The van der Waals surface area contributed by atoms with E-state index in [0.29, 0.717) is 5.13 Å². The van der Waals surface area contributed by atoms with Gasteiger partial charge in [0.05, 0.1) is 0 Å². The van der Waals surface area contributed by atoms with Crippen LogP contribution in [0, 0.1) is 6.92 Å². The van der Waals surface area contributed by atoms with Crippen molar-refractivity contribution >= 4 is 16.5 Å². The van der Waals surface area contributed by atoms with Crippen LogP contribution in [0.2, 0.25) is 0 Å². The average molecular weight is 247 g/mol. The molecule has 2 rings (SSSR count). The standard InChI is InChI=1S/C13H17N3S/c1-10-4-3-5-11(6-10)8-16(2)9-12-7-15-13(14)17-12/h3-7H,8-9H2,1-2H3,(H2,14,15). The van der Waals surface area contributed by atoms with Crippen LogP contribution in [0.5, 0.6) is 0 Å². The van der Waals surface area contributed by atoms with E-state index in [9.17, 15) is 0 Å². The quantitative estimate of drug-likeness (QED) is 0.903. The van der Waals surface area contributed by atoms with E-state index in [-0.39, 0.29) is 0 Å². The summed E-state index contributed by atoms with van der Waals surface area (Å²) in [4.78, 5) is 7.53. The fourth-order valence-corrected chi connectivity index (χ4v) is 2.60. The van der Waals surface area contributed by atoms with E-state index in [1.54, 1.807) is 11.3 Å². The van der Waals surface area contributed by atoms with E-state index in [2.05, 4.69) is 48.1 Å². The summed E-state index contributed by atoms with van der Waals surface area (Å²) in [7, 11) is 2.11. The molecule has 3 nitrogen and oxygen atoms in total. The predicted molar refractivity (Wildman–Crippen MR) is 72.9 cm³/mol. The number of nitrogens with two attached hydrogens (primary N) is 1. The fourth-order valence-electron chi connectivity index (χ4n) is 1.84. The number of aryl methyl sites for hydroxylation is 1. The Kier molecular flexibility index (Phi) is 3.76. The van der Waals surface area contributed by atoms with Gasteiger partial charge in [-0.25, -0.2) is 4.98 Å². The van der Waals surface area contributed by atoms with Crippen LogP contribution in [0.15, 0.2) is 30.5 Å². The lowest BCUT2D eigenvalue weighted by Gasteiger charge is -2.15. The molecule has 0 saturated heterocycles. The van der Waals surface area contributed by atoms with Crippen molar-refractivity contribution in [1.29, 1.82) is 0 Å². The third kappa shape index (κ3) is 3.54. The minimum absolute atomic E-state index is 0.643. The Bertz CT molecular complexity index is 493. The lowest BCUT2D eigenvalue weighted by Crippen LogP contribution is -2.16. The summed E-state index contributed by atoms with van der Waals surface area (Å²) in [6.07, 6.45) is 1.85. The number of rotatable bonds is 4. The van der Waals surface area contributed by atoms with Gasteiger partial charge in [0.2, 0.25) is 0 Å². The molecule has 0 fully saturated rings. The van der Waals surface area contributed by atoms with Gasteiger partial charge in [-0.15, -0.1) is 11.3 Å².